The van der Waals surface area contributed by atoms with Gasteiger partial charge in [0.05, 0.1) is 32.4 Å². The third-order valence-electron chi connectivity index (χ3n) is 4.39. The van der Waals surface area contributed by atoms with E-state index in [1.165, 1.54) is 23.3 Å². The van der Waals surface area contributed by atoms with E-state index < -0.39 is 0 Å². The summed E-state index contributed by atoms with van der Waals surface area (Å²) in [4.78, 5) is 1.58. The van der Waals surface area contributed by atoms with Crippen LogP contribution in [0.1, 0.15) is 16.7 Å². The highest BCUT2D eigenvalue weighted by atomic mass is 16.3. The van der Waals surface area contributed by atoms with Crippen LogP contribution in [0.4, 0.5) is 0 Å². The van der Waals surface area contributed by atoms with Crippen LogP contribution in [0.5, 0.6) is 11.5 Å². The van der Waals surface area contributed by atoms with Crippen LogP contribution in [0, 0.1) is 6.92 Å². The van der Waals surface area contributed by atoms with Crippen molar-refractivity contribution in [3.05, 3.63) is 59.2 Å². The summed E-state index contributed by atoms with van der Waals surface area (Å²) in [5.41, 5.74) is 3.46. The number of rotatable bonds is 4. The molecular weight excluding hydrogens is 302 g/mol. The van der Waals surface area contributed by atoms with E-state index in [9.17, 15) is 10.2 Å². The first-order valence-corrected chi connectivity index (χ1v) is 8.30. The third-order valence-corrected chi connectivity index (χ3v) is 4.39. The molecule has 2 aromatic carbocycles. The molecule has 1 aliphatic rings. The summed E-state index contributed by atoms with van der Waals surface area (Å²) in [5, 5.41) is 25.4. The van der Waals surface area contributed by atoms with E-state index >= 15 is 0 Å². The van der Waals surface area contributed by atoms with Gasteiger partial charge in [0.2, 0.25) is 0 Å². The lowest BCUT2D eigenvalue weighted by molar-refractivity contribution is -0.918. The molecule has 5 heteroatoms. The molecule has 3 N–H and O–H groups in total. The number of phenolic OH excluding ortho intramolecular Hbond substituents is 2. The minimum absolute atomic E-state index is 0.111. The van der Waals surface area contributed by atoms with Crippen LogP contribution in [0.15, 0.2) is 47.6 Å². The van der Waals surface area contributed by atoms with Gasteiger partial charge in [0.15, 0.2) is 11.5 Å². The number of hydrazone groups is 1. The summed E-state index contributed by atoms with van der Waals surface area (Å²) < 4.78 is 0. The average Bonchev–Trinajstić information content (AvgIpc) is 2.59. The number of piperazine rings is 1. The van der Waals surface area contributed by atoms with Crippen LogP contribution in [-0.2, 0) is 6.54 Å². The predicted octanol–water partition coefficient (Wildman–Crippen LogP) is 1.14. The Kier molecular flexibility index (Phi) is 5.01. The maximum Gasteiger partial charge on any atom is 0.158 e. The molecule has 2 aromatic rings. The molecule has 5 nitrogen and oxygen atoms in total. The Morgan fingerprint density at radius 2 is 1.75 bits per heavy atom. The average molecular weight is 326 g/mol. The highest BCUT2D eigenvalue weighted by Gasteiger charge is 2.18. The third kappa shape index (κ3) is 4.26. The van der Waals surface area contributed by atoms with Crippen molar-refractivity contribution in [2.45, 2.75) is 13.5 Å². The van der Waals surface area contributed by atoms with Gasteiger partial charge < -0.3 is 15.1 Å². The molecule has 126 valence electrons. The van der Waals surface area contributed by atoms with Crippen LogP contribution >= 0.6 is 0 Å². The fraction of sp³-hybridized carbons (Fsp3) is 0.316. The summed E-state index contributed by atoms with van der Waals surface area (Å²) in [6.45, 7) is 7.13. The molecular formula is C19H24N3O2+. The molecule has 24 heavy (non-hydrogen) atoms. The minimum Gasteiger partial charge on any atom is -0.504 e. The maximum absolute atomic E-state index is 9.50. The quantitative estimate of drug-likeness (QED) is 0.583. The monoisotopic (exact) mass is 326 g/mol. The van der Waals surface area contributed by atoms with Gasteiger partial charge in [-0.3, -0.25) is 5.01 Å². The Bertz CT molecular complexity index is 705. The Morgan fingerprint density at radius 1 is 1.04 bits per heavy atom. The number of nitrogens with one attached hydrogen (secondary N) is 1. The van der Waals surface area contributed by atoms with Gasteiger partial charge in [-0.2, -0.15) is 5.10 Å². The van der Waals surface area contributed by atoms with Gasteiger partial charge >= 0.3 is 0 Å². The first kappa shape index (κ1) is 16.3. The van der Waals surface area contributed by atoms with Crippen LogP contribution < -0.4 is 4.90 Å². The number of aromatic hydroxyl groups is 2. The lowest BCUT2D eigenvalue weighted by Gasteiger charge is -2.30. The van der Waals surface area contributed by atoms with Gasteiger partial charge in [0.25, 0.3) is 0 Å². The van der Waals surface area contributed by atoms with E-state index in [1.54, 1.807) is 17.2 Å². The number of phenols is 2. The summed E-state index contributed by atoms with van der Waals surface area (Å²) in [6.07, 6.45) is 1.73. The van der Waals surface area contributed by atoms with Crippen molar-refractivity contribution in [2.24, 2.45) is 5.10 Å². The molecule has 3 rings (SSSR count). The SMILES string of the molecule is Cc1ccc(C[NH+]2CCN(/N=C/c3ccc(O)c(O)c3)CC2)cc1. The molecule has 0 unspecified atom stereocenters. The summed E-state index contributed by atoms with van der Waals surface area (Å²) in [5.74, 6) is -0.230. The Morgan fingerprint density at radius 3 is 2.42 bits per heavy atom. The van der Waals surface area contributed by atoms with E-state index in [1.807, 2.05) is 0 Å². The van der Waals surface area contributed by atoms with Gasteiger partial charge in [-0.25, -0.2) is 0 Å². The number of hydrogen-bond acceptors (Lipinski definition) is 4. The Balaban J connectivity index is 1.50. The first-order chi connectivity index (χ1) is 11.6. The zero-order chi connectivity index (χ0) is 16.9. The molecule has 0 aliphatic carbocycles. The van der Waals surface area contributed by atoms with Crippen molar-refractivity contribution < 1.29 is 15.1 Å². The van der Waals surface area contributed by atoms with Crippen molar-refractivity contribution >= 4 is 6.21 Å². The van der Waals surface area contributed by atoms with Crippen LogP contribution in [0.25, 0.3) is 0 Å². The highest BCUT2D eigenvalue weighted by molar-refractivity contribution is 5.80. The van der Waals surface area contributed by atoms with Crippen LogP contribution in [0.3, 0.4) is 0 Å². The Labute approximate surface area is 142 Å². The smallest absolute Gasteiger partial charge is 0.158 e. The molecule has 0 aromatic heterocycles. The largest absolute Gasteiger partial charge is 0.504 e. The van der Waals surface area contributed by atoms with E-state index in [-0.39, 0.29) is 11.5 Å². The number of hydrogen-bond donors (Lipinski definition) is 3. The Hall–Kier alpha value is -2.53. The van der Waals surface area contributed by atoms with Gasteiger partial charge in [-0.1, -0.05) is 29.8 Å². The lowest BCUT2D eigenvalue weighted by Crippen LogP contribution is -3.13. The van der Waals surface area contributed by atoms with Crippen LogP contribution in [-0.4, -0.2) is 47.6 Å². The highest BCUT2D eigenvalue weighted by Crippen LogP contribution is 2.24. The maximum atomic E-state index is 9.50. The normalized spacial score (nSPS) is 16.0. The molecule has 0 atom stereocenters. The fourth-order valence-corrected chi connectivity index (χ4v) is 2.87. The molecule has 0 spiro atoms. The minimum atomic E-state index is -0.119. The van der Waals surface area contributed by atoms with E-state index in [4.69, 9.17) is 0 Å². The second kappa shape index (κ2) is 7.36. The molecule has 0 amide bonds. The fourth-order valence-electron chi connectivity index (χ4n) is 2.87. The number of nitrogens with zero attached hydrogens (tertiary/aromatic N) is 2. The second-order valence-electron chi connectivity index (χ2n) is 6.36. The van der Waals surface area contributed by atoms with E-state index in [2.05, 4.69) is 41.3 Å². The van der Waals surface area contributed by atoms with Crippen molar-refractivity contribution in [1.29, 1.82) is 0 Å². The second-order valence-corrected chi connectivity index (χ2v) is 6.36. The summed E-state index contributed by atoms with van der Waals surface area (Å²) >= 11 is 0. The van der Waals surface area contributed by atoms with E-state index in [0.717, 1.165) is 38.3 Å². The van der Waals surface area contributed by atoms with Crippen molar-refractivity contribution in [3.63, 3.8) is 0 Å². The summed E-state index contributed by atoms with van der Waals surface area (Å²) in [7, 11) is 0. The standard InChI is InChI=1S/C19H23N3O2/c1-15-2-4-16(5-3-15)14-21-8-10-22(11-9-21)20-13-17-6-7-18(23)19(24)12-17/h2-7,12-13,23-24H,8-11,14H2,1H3/p+1/b20-13+. The number of aryl methyl sites for hydroxylation is 1. The van der Waals surface area contributed by atoms with Gasteiger partial charge in [0.1, 0.15) is 6.54 Å². The van der Waals surface area contributed by atoms with Gasteiger partial charge in [-0.05, 0) is 30.7 Å². The topological polar surface area (TPSA) is 60.5 Å². The van der Waals surface area contributed by atoms with Gasteiger partial charge in [0, 0.05) is 5.56 Å². The molecule has 1 saturated heterocycles. The molecule has 1 heterocycles. The van der Waals surface area contributed by atoms with Gasteiger partial charge in [-0.15, -0.1) is 0 Å². The van der Waals surface area contributed by atoms with Crippen LogP contribution in [0.2, 0.25) is 0 Å². The summed E-state index contributed by atoms with van der Waals surface area (Å²) in [6, 6.07) is 13.5. The number of quaternary nitrogens is 1. The van der Waals surface area contributed by atoms with E-state index in [0.29, 0.717) is 0 Å². The lowest BCUT2D eigenvalue weighted by atomic mass is 10.1. The molecule has 0 saturated carbocycles. The number of benzene rings is 2. The molecule has 1 aliphatic heterocycles. The predicted molar refractivity (Wildman–Crippen MR) is 94.5 cm³/mol. The molecule has 0 radical (unpaired) electrons. The zero-order valence-corrected chi connectivity index (χ0v) is 13.9. The van der Waals surface area contributed by atoms with Crippen molar-refractivity contribution in [1.82, 2.24) is 5.01 Å². The first-order valence-electron chi connectivity index (χ1n) is 8.30. The molecule has 0 bridgehead atoms. The zero-order valence-electron chi connectivity index (χ0n) is 13.9. The molecule has 1 fully saturated rings. The van der Waals surface area contributed by atoms with Crippen molar-refractivity contribution in [3.8, 4) is 11.5 Å². The van der Waals surface area contributed by atoms with Crippen molar-refractivity contribution in [2.75, 3.05) is 26.2 Å².